The number of hydrogen-bond acceptors (Lipinski definition) is 4. The van der Waals surface area contributed by atoms with E-state index in [1.807, 2.05) is 4.72 Å². The van der Waals surface area contributed by atoms with Crippen molar-refractivity contribution < 1.29 is 28.2 Å². The van der Waals surface area contributed by atoms with Gasteiger partial charge in [0, 0.05) is 0 Å². The van der Waals surface area contributed by atoms with Crippen molar-refractivity contribution in [1.82, 2.24) is 4.72 Å². The lowest BCUT2D eigenvalue weighted by Gasteiger charge is -2.13. The molecule has 1 aromatic carbocycles. The Balaban J connectivity index is 3.00. The highest BCUT2D eigenvalue weighted by molar-refractivity contribution is 7.89. The maximum atomic E-state index is 11.9. The summed E-state index contributed by atoms with van der Waals surface area (Å²) in [6.45, 7) is 1.69. The van der Waals surface area contributed by atoms with E-state index in [0.717, 1.165) is 0 Å². The van der Waals surface area contributed by atoms with Crippen LogP contribution in [0.5, 0.6) is 0 Å². The quantitative estimate of drug-likeness (QED) is 0.687. The Bertz CT molecular complexity index is 595. The number of hydrogen-bond donors (Lipinski definition) is 3. The molecule has 0 spiro atoms. The van der Waals surface area contributed by atoms with Crippen molar-refractivity contribution in [3.63, 3.8) is 0 Å². The van der Waals surface area contributed by atoms with Crippen molar-refractivity contribution in [2.45, 2.75) is 24.3 Å². The fourth-order valence-corrected chi connectivity index (χ4v) is 2.69. The summed E-state index contributed by atoms with van der Waals surface area (Å²) in [5.74, 6) is -2.95. The molecule has 1 unspecified atom stereocenters. The Labute approximate surface area is 109 Å². The zero-order chi connectivity index (χ0) is 14.6. The fraction of sp³-hybridized carbons (Fsp3) is 0.273. The van der Waals surface area contributed by atoms with Crippen LogP contribution < -0.4 is 4.72 Å². The highest BCUT2D eigenvalue weighted by Crippen LogP contribution is 2.12. The van der Waals surface area contributed by atoms with Gasteiger partial charge in [-0.25, -0.2) is 8.42 Å². The standard InChI is InChI=1S/C11H13NO6S/c1-7-3-2-4-8(5-7)19(17,18)12-9(11(15)16)6-10(13)14/h2-5,9,12H,6H2,1H3,(H,13,14)(H,15,16). The van der Waals surface area contributed by atoms with Crippen LogP contribution in [0.25, 0.3) is 0 Å². The summed E-state index contributed by atoms with van der Waals surface area (Å²) in [7, 11) is -4.07. The molecule has 3 N–H and O–H groups in total. The van der Waals surface area contributed by atoms with Gasteiger partial charge in [0.25, 0.3) is 0 Å². The second-order valence-electron chi connectivity index (χ2n) is 3.93. The molecule has 8 heteroatoms. The van der Waals surface area contributed by atoms with Crippen molar-refractivity contribution in [2.75, 3.05) is 0 Å². The molecule has 1 atom stereocenters. The molecule has 19 heavy (non-hydrogen) atoms. The molecule has 1 aromatic rings. The van der Waals surface area contributed by atoms with Crippen LogP contribution in [0.2, 0.25) is 0 Å². The van der Waals surface area contributed by atoms with Gasteiger partial charge in [0.05, 0.1) is 11.3 Å². The Morgan fingerprint density at radius 2 is 1.95 bits per heavy atom. The first-order valence-corrected chi connectivity index (χ1v) is 6.74. The third-order valence-corrected chi connectivity index (χ3v) is 3.74. The van der Waals surface area contributed by atoms with Gasteiger partial charge in [0.1, 0.15) is 6.04 Å². The van der Waals surface area contributed by atoms with Gasteiger partial charge in [0.15, 0.2) is 0 Å². The molecular weight excluding hydrogens is 274 g/mol. The summed E-state index contributed by atoms with van der Waals surface area (Å²) in [6, 6.07) is 4.15. The van der Waals surface area contributed by atoms with Crippen molar-refractivity contribution in [3.05, 3.63) is 29.8 Å². The van der Waals surface area contributed by atoms with Gasteiger partial charge in [-0.3, -0.25) is 9.59 Å². The van der Waals surface area contributed by atoms with Gasteiger partial charge >= 0.3 is 11.9 Å². The maximum absolute atomic E-state index is 11.9. The summed E-state index contributed by atoms with van der Waals surface area (Å²) >= 11 is 0. The molecule has 0 fully saturated rings. The minimum Gasteiger partial charge on any atom is -0.481 e. The largest absolute Gasteiger partial charge is 0.481 e. The van der Waals surface area contributed by atoms with Crippen LogP contribution in [-0.4, -0.2) is 36.6 Å². The lowest BCUT2D eigenvalue weighted by atomic mass is 10.2. The molecule has 0 amide bonds. The molecule has 0 heterocycles. The van der Waals surface area contributed by atoms with E-state index in [2.05, 4.69) is 0 Å². The summed E-state index contributed by atoms with van der Waals surface area (Å²) < 4.78 is 25.7. The Morgan fingerprint density at radius 3 is 2.42 bits per heavy atom. The minimum atomic E-state index is -4.07. The average molecular weight is 287 g/mol. The van der Waals surface area contributed by atoms with Gasteiger partial charge in [-0.1, -0.05) is 12.1 Å². The number of benzene rings is 1. The summed E-state index contributed by atoms with van der Waals surface area (Å²) in [4.78, 5) is 21.2. The van der Waals surface area contributed by atoms with E-state index in [-0.39, 0.29) is 4.90 Å². The van der Waals surface area contributed by atoms with Gasteiger partial charge in [0.2, 0.25) is 10.0 Å². The molecule has 0 radical (unpaired) electrons. The second-order valence-corrected chi connectivity index (χ2v) is 5.64. The second kappa shape index (κ2) is 5.81. The zero-order valence-corrected chi connectivity index (χ0v) is 10.8. The average Bonchev–Trinajstić information content (AvgIpc) is 2.27. The van der Waals surface area contributed by atoms with Crippen molar-refractivity contribution in [3.8, 4) is 0 Å². The molecule has 0 bridgehead atoms. The number of nitrogens with one attached hydrogen (secondary N) is 1. The first kappa shape index (κ1) is 15.1. The Kier molecular flexibility index (Phi) is 4.62. The van der Waals surface area contributed by atoms with Crippen LogP contribution in [0.4, 0.5) is 0 Å². The maximum Gasteiger partial charge on any atom is 0.322 e. The molecule has 0 aliphatic rings. The Hall–Kier alpha value is -1.93. The van der Waals surface area contributed by atoms with Crippen LogP contribution in [0.3, 0.4) is 0 Å². The van der Waals surface area contributed by atoms with E-state index in [9.17, 15) is 18.0 Å². The van der Waals surface area contributed by atoms with Gasteiger partial charge < -0.3 is 10.2 Å². The lowest BCUT2D eigenvalue weighted by molar-refractivity contribution is -0.145. The molecule has 7 nitrogen and oxygen atoms in total. The predicted octanol–water partition coefficient (Wildman–Crippen LogP) is 0.201. The molecule has 0 saturated heterocycles. The predicted molar refractivity (Wildman–Crippen MR) is 65.2 cm³/mol. The zero-order valence-electron chi connectivity index (χ0n) is 10.0. The first-order chi connectivity index (χ1) is 8.72. The molecule has 1 rings (SSSR count). The van der Waals surface area contributed by atoms with Gasteiger partial charge in [-0.05, 0) is 24.6 Å². The third kappa shape index (κ3) is 4.34. The van der Waals surface area contributed by atoms with Gasteiger partial charge in [-0.2, -0.15) is 4.72 Å². The van der Waals surface area contributed by atoms with Crippen molar-refractivity contribution >= 4 is 22.0 Å². The monoisotopic (exact) mass is 287 g/mol. The Morgan fingerprint density at radius 1 is 1.32 bits per heavy atom. The van der Waals surface area contributed by atoms with Crippen LogP contribution in [0.15, 0.2) is 29.2 Å². The molecule has 0 aliphatic heterocycles. The summed E-state index contributed by atoms with van der Waals surface area (Å²) in [5.41, 5.74) is 0.688. The van der Waals surface area contributed by atoms with Gasteiger partial charge in [-0.15, -0.1) is 0 Å². The van der Waals surface area contributed by atoms with E-state index in [1.165, 1.54) is 18.2 Å². The minimum absolute atomic E-state index is 0.107. The topological polar surface area (TPSA) is 121 Å². The molecule has 0 aromatic heterocycles. The highest BCUT2D eigenvalue weighted by atomic mass is 32.2. The number of carboxylic acid groups (broad SMARTS) is 2. The third-order valence-electron chi connectivity index (χ3n) is 2.27. The fourth-order valence-electron chi connectivity index (χ4n) is 1.39. The summed E-state index contributed by atoms with van der Waals surface area (Å²) in [5, 5.41) is 17.3. The number of aliphatic carboxylic acids is 2. The normalized spacial score (nSPS) is 12.9. The van der Waals surface area contributed by atoms with Crippen LogP contribution in [-0.2, 0) is 19.6 Å². The number of aryl methyl sites for hydroxylation is 1. The number of carboxylic acids is 2. The molecule has 104 valence electrons. The van der Waals surface area contributed by atoms with E-state index in [4.69, 9.17) is 10.2 Å². The number of sulfonamides is 1. The van der Waals surface area contributed by atoms with E-state index >= 15 is 0 Å². The number of rotatable bonds is 6. The highest BCUT2D eigenvalue weighted by Gasteiger charge is 2.27. The lowest BCUT2D eigenvalue weighted by Crippen LogP contribution is -2.42. The van der Waals surface area contributed by atoms with E-state index < -0.39 is 34.4 Å². The number of carbonyl (C=O) groups is 2. The van der Waals surface area contributed by atoms with Crippen molar-refractivity contribution in [2.24, 2.45) is 0 Å². The molecule has 0 aliphatic carbocycles. The van der Waals surface area contributed by atoms with Crippen LogP contribution in [0, 0.1) is 6.92 Å². The van der Waals surface area contributed by atoms with Crippen molar-refractivity contribution in [1.29, 1.82) is 0 Å². The van der Waals surface area contributed by atoms with E-state index in [1.54, 1.807) is 13.0 Å². The van der Waals surface area contributed by atoms with E-state index in [0.29, 0.717) is 5.56 Å². The molecule has 0 saturated carbocycles. The first-order valence-electron chi connectivity index (χ1n) is 5.26. The SMILES string of the molecule is Cc1cccc(S(=O)(=O)NC(CC(=O)O)C(=O)O)c1. The van der Waals surface area contributed by atoms with Crippen LogP contribution in [0.1, 0.15) is 12.0 Å². The molecular formula is C11H13NO6S. The summed E-state index contributed by atoms with van der Waals surface area (Å²) in [6.07, 6.45) is -0.833. The van der Waals surface area contributed by atoms with Crippen LogP contribution >= 0.6 is 0 Å². The smallest absolute Gasteiger partial charge is 0.322 e.